The number of hydrogen-bond donors (Lipinski definition) is 1. The van der Waals surface area contributed by atoms with Gasteiger partial charge in [0.25, 0.3) is 5.56 Å². The van der Waals surface area contributed by atoms with Crippen LogP contribution in [0.4, 0.5) is 5.69 Å². The molecule has 12 heteroatoms. The van der Waals surface area contributed by atoms with Gasteiger partial charge in [-0.05, 0) is 34.7 Å². The van der Waals surface area contributed by atoms with Crippen LogP contribution in [0, 0.1) is 0 Å². The van der Waals surface area contributed by atoms with Gasteiger partial charge in [0.05, 0.1) is 25.8 Å². The third kappa shape index (κ3) is 4.52. The number of H-pyrrole nitrogens is 1. The summed E-state index contributed by atoms with van der Waals surface area (Å²) in [5, 5.41) is 13.4. The maximum Gasteiger partial charge on any atom is 0.253 e. The Morgan fingerprint density at radius 2 is 1.87 bits per heavy atom. The number of methoxy groups -OCH3 is 2. The van der Waals surface area contributed by atoms with Gasteiger partial charge in [0.2, 0.25) is 6.79 Å². The third-order valence-corrected chi connectivity index (χ3v) is 7.07. The van der Waals surface area contributed by atoms with Gasteiger partial charge in [0, 0.05) is 62.1 Å². The Hall–Kier alpha value is -4.16. The van der Waals surface area contributed by atoms with Gasteiger partial charge in [0.1, 0.15) is 11.8 Å². The average molecular weight is 520 g/mol. The van der Waals surface area contributed by atoms with Crippen LogP contribution < -0.4 is 24.7 Å². The number of tetrazole rings is 1. The number of hydrogen-bond acceptors (Lipinski definition) is 10. The van der Waals surface area contributed by atoms with E-state index in [2.05, 4.69) is 36.4 Å². The quantitative estimate of drug-likeness (QED) is 0.369. The first kappa shape index (κ1) is 24.2. The van der Waals surface area contributed by atoms with E-state index in [1.807, 2.05) is 30.3 Å². The van der Waals surface area contributed by atoms with Crippen LogP contribution in [0.3, 0.4) is 0 Å². The zero-order valence-electron chi connectivity index (χ0n) is 21.3. The molecule has 1 saturated heterocycles. The van der Waals surface area contributed by atoms with Crippen molar-refractivity contribution in [1.29, 1.82) is 0 Å². The molecule has 0 saturated carbocycles. The predicted octanol–water partition coefficient (Wildman–Crippen LogP) is 1.81. The topological polar surface area (TPSA) is 120 Å². The molecule has 2 aromatic heterocycles. The molecule has 2 aliphatic rings. The van der Waals surface area contributed by atoms with E-state index >= 15 is 0 Å². The molecule has 0 amide bonds. The SMILES string of the molecule is COCCn1nnnc1[C@@H](c1cc2cc3c(cc2[nH]c1=O)OCO3)N1CCN(c2cccc(OC)c2)CC1. The van der Waals surface area contributed by atoms with Crippen molar-refractivity contribution in [3.8, 4) is 17.2 Å². The summed E-state index contributed by atoms with van der Waals surface area (Å²) in [6, 6.07) is 13.2. The number of aromatic amines is 1. The maximum absolute atomic E-state index is 13.5. The first-order valence-corrected chi connectivity index (χ1v) is 12.5. The summed E-state index contributed by atoms with van der Waals surface area (Å²) >= 11 is 0. The number of nitrogens with one attached hydrogen (secondary N) is 1. The summed E-state index contributed by atoms with van der Waals surface area (Å²) < 4.78 is 23.4. The predicted molar refractivity (Wildman–Crippen MR) is 139 cm³/mol. The number of anilines is 1. The van der Waals surface area contributed by atoms with Crippen LogP contribution in [0.1, 0.15) is 17.4 Å². The van der Waals surface area contributed by atoms with Gasteiger partial charge < -0.3 is 28.8 Å². The molecule has 12 nitrogen and oxygen atoms in total. The molecule has 6 rings (SSSR count). The van der Waals surface area contributed by atoms with Crippen molar-refractivity contribution in [1.82, 2.24) is 30.1 Å². The second-order valence-corrected chi connectivity index (χ2v) is 9.23. The molecule has 0 aliphatic carbocycles. The number of rotatable bonds is 8. The number of fused-ring (bicyclic) bond motifs is 2. The minimum Gasteiger partial charge on any atom is -0.497 e. The third-order valence-electron chi connectivity index (χ3n) is 7.07. The monoisotopic (exact) mass is 519 g/mol. The number of benzene rings is 2. The highest BCUT2D eigenvalue weighted by molar-refractivity contribution is 5.83. The van der Waals surface area contributed by atoms with Gasteiger partial charge >= 0.3 is 0 Å². The summed E-state index contributed by atoms with van der Waals surface area (Å²) in [6.45, 7) is 4.04. The molecule has 4 heterocycles. The number of piperazine rings is 1. The Morgan fingerprint density at radius 3 is 2.66 bits per heavy atom. The Kier molecular flexibility index (Phi) is 6.56. The summed E-state index contributed by atoms with van der Waals surface area (Å²) in [6.07, 6.45) is 0. The van der Waals surface area contributed by atoms with Crippen LogP contribution >= 0.6 is 0 Å². The minimum absolute atomic E-state index is 0.164. The zero-order valence-corrected chi connectivity index (χ0v) is 21.3. The van der Waals surface area contributed by atoms with Crippen LogP contribution in [0.25, 0.3) is 10.9 Å². The molecule has 2 aromatic carbocycles. The smallest absolute Gasteiger partial charge is 0.253 e. The zero-order chi connectivity index (χ0) is 26.1. The standard InChI is InChI=1S/C26H29N7O5/c1-35-11-10-33-25(28-29-30-33)24(32-8-6-31(7-9-32)18-4-3-5-19(14-18)36-2)20-12-17-13-22-23(38-16-37-22)15-21(17)27-26(20)34/h3-5,12-15,24H,6-11,16H2,1-2H3,(H,27,34)/t24-/m1/s1. The summed E-state index contributed by atoms with van der Waals surface area (Å²) in [5.41, 5.74) is 2.16. The lowest BCUT2D eigenvalue weighted by molar-refractivity contribution is 0.171. The van der Waals surface area contributed by atoms with Crippen molar-refractivity contribution in [2.45, 2.75) is 12.6 Å². The molecule has 0 radical (unpaired) electrons. The number of pyridine rings is 1. The highest BCUT2D eigenvalue weighted by Crippen LogP contribution is 2.36. The van der Waals surface area contributed by atoms with Gasteiger partial charge in [-0.1, -0.05) is 6.07 Å². The normalized spacial score (nSPS) is 16.2. The molecule has 0 unspecified atom stereocenters. The maximum atomic E-state index is 13.5. The lowest BCUT2D eigenvalue weighted by atomic mass is 10.0. The van der Waals surface area contributed by atoms with Gasteiger partial charge in [-0.3, -0.25) is 9.69 Å². The van der Waals surface area contributed by atoms with Crippen molar-refractivity contribution in [3.05, 3.63) is 64.2 Å². The van der Waals surface area contributed by atoms with E-state index in [0.29, 0.717) is 54.6 Å². The van der Waals surface area contributed by atoms with E-state index in [-0.39, 0.29) is 12.4 Å². The lowest BCUT2D eigenvalue weighted by Crippen LogP contribution is -2.49. The fourth-order valence-electron chi connectivity index (χ4n) is 5.11. The van der Waals surface area contributed by atoms with E-state index in [1.54, 1.807) is 25.0 Å². The summed E-state index contributed by atoms with van der Waals surface area (Å²) in [7, 11) is 3.31. The lowest BCUT2D eigenvalue weighted by Gasteiger charge is -2.39. The average Bonchev–Trinajstić information content (AvgIpc) is 3.61. The number of nitrogens with zero attached hydrogens (tertiary/aromatic N) is 6. The number of aromatic nitrogens is 5. The molecular weight excluding hydrogens is 490 g/mol. The fraction of sp³-hybridized carbons (Fsp3) is 0.385. The fourth-order valence-corrected chi connectivity index (χ4v) is 5.11. The Bertz CT molecular complexity index is 1500. The van der Waals surface area contributed by atoms with Crippen LogP contribution in [0.2, 0.25) is 0 Å². The molecular formula is C26H29N7O5. The summed E-state index contributed by atoms with van der Waals surface area (Å²) in [5.74, 6) is 2.70. The van der Waals surface area contributed by atoms with E-state index in [9.17, 15) is 4.79 Å². The molecule has 4 aromatic rings. The molecule has 0 spiro atoms. The molecule has 1 N–H and O–H groups in total. The first-order valence-electron chi connectivity index (χ1n) is 12.5. The molecule has 198 valence electrons. The van der Waals surface area contributed by atoms with Crippen molar-refractivity contribution in [3.63, 3.8) is 0 Å². The molecule has 38 heavy (non-hydrogen) atoms. The van der Waals surface area contributed by atoms with Gasteiger partial charge in [-0.15, -0.1) is 5.10 Å². The van der Waals surface area contributed by atoms with E-state index in [1.165, 1.54) is 0 Å². The highest BCUT2D eigenvalue weighted by Gasteiger charge is 2.33. The van der Waals surface area contributed by atoms with Gasteiger partial charge in [0.15, 0.2) is 17.3 Å². The van der Waals surface area contributed by atoms with Crippen LogP contribution in [0.5, 0.6) is 17.2 Å². The van der Waals surface area contributed by atoms with E-state index in [4.69, 9.17) is 18.9 Å². The second-order valence-electron chi connectivity index (χ2n) is 9.23. The van der Waals surface area contributed by atoms with Gasteiger partial charge in [-0.2, -0.15) is 0 Å². The van der Waals surface area contributed by atoms with Crippen LogP contribution in [-0.4, -0.2) is 83.9 Å². The van der Waals surface area contributed by atoms with Crippen LogP contribution in [-0.2, 0) is 11.3 Å². The van der Waals surface area contributed by atoms with Crippen molar-refractivity contribution < 1.29 is 18.9 Å². The van der Waals surface area contributed by atoms with Crippen LogP contribution in [0.15, 0.2) is 47.3 Å². The van der Waals surface area contributed by atoms with E-state index < -0.39 is 6.04 Å². The molecule has 0 bridgehead atoms. The van der Waals surface area contributed by atoms with Crippen molar-refractivity contribution >= 4 is 16.6 Å². The molecule has 1 fully saturated rings. The van der Waals surface area contributed by atoms with Crippen molar-refractivity contribution in [2.24, 2.45) is 0 Å². The Labute approximate surface area is 218 Å². The number of ether oxygens (including phenoxy) is 4. The second kappa shape index (κ2) is 10.3. The minimum atomic E-state index is -0.451. The largest absolute Gasteiger partial charge is 0.497 e. The Balaban J connectivity index is 1.36. The van der Waals surface area contributed by atoms with E-state index in [0.717, 1.165) is 29.9 Å². The molecule has 2 aliphatic heterocycles. The van der Waals surface area contributed by atoms with Gasteiger partial charge in [-0.25, -0.2) is 4.68 Å². The molecule has 1 atom stereocenters. The summed E-state index contributed by atoms with van der Waals surface area (Å²) in [4.78, 5) is 21.1. The Morgan fingerprint density at radius 1 is 1.05 bits per heavy atom. The van der Waals surface area contributed by atoms with Crippen molar-refractivity contribution in [2.75, 3.05) is 58.7 Å². The first-order chi connectivity index (χ1) is 18.6. The highest BCUT2D eigenvalue weighted by atomic mass is 16.7.